The lowest BCUT2D eigenvalue weighted by Crippen LogP contribution is -2.61. The molecule has 4 aliphatic carbocycles. The van der Waals surface area contributed by atoms with Crippen LogP contribution >= 0.6 is 0 Å². The van der Waals surface area contributed by atoms with Crippen molar-refractivity contribution in [1.82, 2.24) is 0 Å². The third-order valence-corrected chi connectivity index (χ3v) is 12.2. The lowest BCUT2D eigenvalue weighted by Gasteiger charge is -2.65. The average molecular weight is 489 g/mol. The molecule has 0 aromatic rings. The number of hydrogen-bond acceptors (Lipinski definition) is 1. The van der Waals surface area contributed by atoms with E-state index in [1.807, 2.05) is 0 Å². The summed E-state index contributed by atoms with van der Waals surface area (Å²) in [4.78, 5) is 0. The summed E-state index contributed by atoms with van der Waals surface area (Å²) in [6.07, 6.45) is 19.2. The standard InChI is InChI=1S/C29H52O.C5H12/c1-19(2)9-8-10-21(4)23-11-12-24-22-18-29(7,30)26-17-20(3)13-15-28(26,6)25(22)14-16-27(23,24)5;1-3-5-4-2/h19-26,30H,8-18H2,1-7H3;3-5H2,1-2H3. The summed E-state index contributed by atoms with van der Waals surface area (Å²) >= 11 is 0. The lowest BCUT2D eigenvalue weighted by molar-refractivity contribution is -0.204. The molecule has 10 unspecified atom stereocenters. The van der Waals surface area contributed by atoms with Crippen LogP contribution in [-0.4, -0.2) is 10.7 Å². The molecule has 0 heterocycles. The second kappa shape index (κ2) is 11.8. The Labute approximate surface area is 221 Å². The summed E-state index contributed by atoms with van der Waals surface area (Å²) in [6.45, 7) is 21.6. The molecule has 10 atom stereocenters. The van der Waals surface area contributed by atoms with Crippen molar-refractivity contribution in [3.05, 3.63) is 0 Å². The molecule has 0 spiro atoms. The van der Waals surface area contributed by atoms with E-state index >= 15 is 0 Å². The molecule has 4 fully saturated rings. The van der Waals surface area contributed by atoms with E-state index in [-0.39, 0.29) is 0 Å². The van der Waals surface area contributed by atoms with Crippen LogP contribution in [0.1, 0.15) is 152 Å². The number of rotatable bonds is 7. The Hall–Kier alpha value is -0.0400. The van der Waals surface area contributed by atoms with Crippen molar-refractivity contribution in [2.75, 3.05) is 0 Å². The molecule has 1 heteroatoms. The van der Waals surface area contributed by atoms with E-state index in [9.17, 15) is 5.11 Å². The molecule has 1 N–H and O–H groups in total. The van der Waals surface area contributed by atoms with Crippen molar-refractivity contribution >= 4 is 0 Å². The molecule has 0 aromatic heterocycles. The predicted molar refractivity (Wildman–Crippen MR) is 153 cm³/mol. The molecule has 0 bridgehead atoms. The highest BCUT2D eigenvalue weighted by molar-refractivity contribution is 5.13. The zero-order valence-corrected chi connectivity index (χ0v) is 25.5. The number of aliphatic hydroxyl groups is 1. The quantitative estimate of drug-likeness (QED) is 0.378. The van der Waals surface area contributed by atoms with Gasteiger partial charge in [-0.2, -0.15) is 0 Å². The number of hydrogen-bond donors (Lipinski definition) is 1. The molecular formula is C34H64O. The summed E-state index contributed by atoms with van der Waals surface area (Å²) in [6, 6.07) is 0. The Bertz CT molecular complexity index is 649. The van der Waals surface area contributed by atoms with Gasteiger partial charge in [0.25, 0.3) is 0 Å². The largest absolute Gasteiger partial charge is 0.390 e. The third-order valence-electron chi connectivity index (χ3n) is 12.2. The molecule has 0 amide bonds. The fourth-order valence-corrected chi connectivity index (χ4v) is 10.3. The summed E-state index contributed by atoms with van der Waals surface area (Å²) in [5.74, 6) is 6.43. The van der Waals surface area contributed by atoms with Crippen molar-refractivity contribution < 1.29 is 5.11 Å². The maximum Gasteiger partial charge on any atom is 0.0656 e. The van der Waals surface area contributed by atoms with Gasteiger partial charge in [0.15, 0.2) is 0 Å². The van der Waals surface area contributed by atoms with Gasteiger partial charge in [0.05, 0.1) is 5.60 Å². The van der Waals surface area contributed by atoms with Crippen molar-refractivity contribution in [2.45, 2.75) is 158 Å². The van der Waals surface area contributed by atoms with Crippen LogP contribution in [0.3, 0.4) is 0 Å². The van der Waals surface area contributed by atoms with Gasteiger partial charge in [-0.1, -0.05) is 100 Å². The second-order valence-corrected chi connectivity index (χ2v) is 15.3. The first-order valence-electron chi connectivity index (χ1n) is 16.1. The van der Waals surface area contributed by atoms with E-state index in [1.54, 1.807) is 0 Å². The van der Waals surface area contributed by atoms with Crippen LogP contribution < -0.4 is 0 Å². The molecule has 206 valence electrons. The predicted octanol–water partition coefficient (Wildman–Crippen LogP) is 10.3. The molecule has 0 saturated heterocycles. The van der Waals surface area contributed by atoms with Gasteiger partial charge >= 0.3 is 0 Å². The molecule has 4 aliphatic rings. The highest BCUT2D eigenvalue weighted by atomic mass is 16.3. The first-order chi connectivity index (χ1) is 16.4. The molecular weight excluding hydrogens is 424 g/mol. The maximum absolute atomic E-state index is 11.7. The SMILES string of the molecule is CC(C)CCCC(C)C1CCC2C3CC(C)(O)C4CC(C)CCC4(C)C3CCC12C.CCCCC. The van der Waals surface area contributed by atoms with Crippen LogP contribution in [0.15, 0.2) is 0 Å². The van der Waals surface area contributed by atoms with Gasteiger partial charge in [0.1, 0.15) is 0 Å². The average Bonchev–Trinajstić information content (AvgIpc) is 3.13. The van der Waals surface area contributed by atoms with Crippen molar-refractivity contribution in [3.63, 3.8) is 0 Å². The molecule has 35 heavy (non-hydrogen) atoms. The molecule has 0 aromatic carbocycles. The highest BCUT2D eigenvalue weighted by Gasteiger charge is 2.64. The zero-order chi connectivity index (χ0) is 26.0. The van der Waals surface area contributed by atoms with Crippen LogP contribution in [0.2, 0.25) is 0 Å². The Morgan fingerprint density at radius 2 is 1.43 bits per heavy atom. The van der Waals surface area contributed by atoms with Crippen molar-refractivity contribution in [3.8, 4) is 0 Å². The Balaban J connectivity index is 0.000000623. The van der Waals surface area contributed by atoms with Crippen molar-refractivity contribution in [1.29, 1.82) is 0 Å². The monoisotopic (exact) mass is 488 g/mol. The van der Waals surface area contributed by atoms with Gasteiger partial charge < -0.3 is 5.11 Å². The van der Waals surface area contributed by atoms with Gasteiger partial charge in [-0.25, -0.2) is 0 Å². The van der Waals surface area contributed by atoms with E-state index in [0.717, 1.165) is 47.8 Å². The van der Waals surface area contributed by atoms with Gasteiger partial charge in [-0.3, -0.25) is 0 Å². The minimum atomic E-state index is -0.455. The molecule has 4 saturated carbocycles. The van der Waals surface area contributed by atoms with E-state index in [1.165, 1.54) is 83.5 Å². The Morgan fingerprint density at radius 1 is 0.800 bits per heavy atom. The zero-order valence-electron chi connectivity index (χ0n) is 25.5. The highest BCUT2D eigenvalue weighted by Crippen LogP contribution is 2.70. The number of fused-ring (bicyclic) bond motifs is 5. The molecule has 0 radical (unpaired) electrons. The smallest absolute Gasteiger partial charge is 0.0656 e. The third kappa shape index (κ3) is 6.01. The summed E-state index contributed by atoms with van der Waals surface area (Å²) in [5.41, 5.74) is 0.449. The second-order valence-electron chi connectivity index (χ2n) is 15.3. The Morgan fingerprint density at radius 3 is 2.03 bits per heavy atom. The van der Waals surface area contributed by atoms with E-state index < -0.39 is 5.60 Å². The topological polar surface area (TPSA) is 20.2 Å². The minimum Gasteiger partial charge on any atom is -0.390 e. The van der Waals surface area contributed by atoms with Crippen LogP contribution in [0.25, 0.3) is 0 Å². The van der Waals surface area contributed by atoms with Crippen molar-refractivity contribution in [2.24, 2.45) is 58.2 Å². The fourth-order valence-electron chi connectivity index (χ4n) is 10.3. The lowest BCUT2D eigenvalue weighted by atomic mass is 9.41. The minimum absolute atomic E-state index is 0.376. The van der Waals surface area contributed by atoms with Gasteiger partial charge in [0.2, 0.25) is 0 Å². The van der Waals surface area contributed by atoms with Crippen LogP contribution in [0.4, 0.5) is 0 Å². The van der Waals surface area contributed by atoms with E-state index in [4.69, 9.17) is 0 Å². The Kier molecular flexibility index (Phi) is 9.93. The first-order valence-corrected chi connectivity index (χ1v) is 16.1. The molecule has 1 nitrogen and oxygen atoms in total. The van der Waals surface area contributed by atoms with Gasteiger partial charge in [-0.15, -0.1) is 0 Å². The van der Waals surface area contributed by atoms with E-state index in [0.29, 0.717) is 16.7 Å². The van der Waals surface area contributed by atoms with Gasteiger partial charge in [0, 0.05) is 0 Å². The normalized spacial score (nSPS) is 45.7. The summed E-state index contributed by atoms with van der Waals surface area (Å²) in [7, 11) is 0. The summed E-state index contributed by atoms with van der Waals surface area (Å²) < 4.78 is 0. The number of unbranched alkanes of at least 4 members (excludes halogenated alkanes) is 2. The first kappa shape index (κ1) is 29.5. The molecule has 4 rings (SSSR count). The van der Waals surface area contributed by atoms with Gasteiger partial charge in [-0.05, 0) is 110 Å². The maximum atomic E-state index is 11.7. The van der Waals surface area contributed by atoms with Crippen LogP contribution in [0.5, 0.6) is 0 Å². The summed E-state index contributed by atoms with van der Waals surface area (Å²) in [5, 5.41) is 11.7. The molecule has 0 aliphatic heterocycles. The van der Waals surface area contributed by atoms with Crippen LogP contribution in [0, 0.1) is 58.2 Å². The van der Waals surface area contributed by atoms with Crippen LogP contribution in [-0.2, 0) is 0 Å². The fraction of sp³-hybridized carbons (Fsp3) is 1.00. The van der Waals surface area contributed by atoms with E-state index in [2.05, 4.69) is 62.3 Å².